The summed E-state index contributed by atoms with van der Waals surface area (Å²) in [6, 6.07) is 9.05. The van der Waals surface area contributed by atoms with Crippen molar-refractivity contribution in [3.8, 4) is 5.75 Å². The summed E-state index contributed by atoms with van der Waals surface area (Å²) in [5.41, 5.74) is 2.39. The minimum absolute atomic E-state index is 0.554. The Kier molecular flexibility index (Phi) is 4.03. The van der Waals surface area contributed by atoms with Gasteiger partial charge >= 0.3 is 0 Å². The summed E-state index contributed by atoms with van der Waals surface area (Å²) < 4.78 is 5.84. The molecule has 0 radical (unpaired) electrons. The molecule has 0 amide bonds. The van der Waals surface area contributed by atoms with Gasteiger partial charge in [-0.15, -0.1) is 11.3 Å². The number of rotatable bonds is 6. The number of ether oxygens (including phenoxy) is 1. The molecule has 2 aromatic rings. The van der Waals surface area contributed by atoms with Gasteiger partial charge < -0.3 is 10.1 Å². The summed E-state index contributed by atoms with van der Waals surface area (Å²) in [7, 11) is 0. The molecule has 0 atom stereocenters. The van der Waals surface area contributed by atoms with Gasteiger partial charge in [0.15, 0.2) is 0 Å². The lowest BCUT2D eigenvalue weighted by Crippen LogP contribution is -2.15. The number of hydrogen-bond donors (Lipinski definition) is 1. The molecule has 3 nitrogen and oxygen atoms in total. The Morgan fingerprint density at radius 1 is 1.35 bits per heavy atom. The molecular weight excluding hydrogens is 268 g/mol. The molecule has 1 heterocycles. The van der Waals surface area contributed by atoms with E-state index in [1.165, 1.54) is 23.3 Å². The van der Waals surface area contributed by atoms with Crippen LogP contribution in [0.15, 0.2) is 24.3 Å². The molecule has 0 bridgehead atoms. The number of aryl methyl sites for hydroxylation is 2. The molecule has 1 aromatic carbocycles. The van der Waals surface area contributed by atoms with E-state index < -0.39 is 0 Å². The highest BCUT2D eigenvalue weighted by atomic mass is 32.1. The molecule has 1 aliphatic rings. The van der Waals surface area contributed by atoms with Crippen LogP contribution in [0.3, 0.4) is 0 Å². The molecule has 20 heavy (non-hydrogen) atoms. The standard InChI is InChI=1S/C16H20N2OS/c1-11-12(2)20-16(18-11)10-19-15-5-3-4-13(8-15)9-17-14-6-7-14/h3-5,8,14,17H,6-7,9-10H2,1-2H3. The highest BCUT2D eigenvalue weighted by molar-refractivity contribution is 7.11. The number of thiazole rings is 1. The quantitative estimate of drug-likeness (QED) is 0.882. The molecule has 1 aliphatic carbocycles. The van der Waals surface area contributed by atoms with Gasteiger partial charge in [0, 0.05) is 17.5 Å². The second-order valence-electron chi connectivity index (χ2n) is 5.34. The molecule has 0 saturated heterocycles. The van der Waals surface area contributed by atoms with Crippen LogP contribution in [0.25, 0.3) is 0 Å². The van der Waals surface area contributed by atoms with E-state index in [0.29, 0.717) is 6.61 Å². The van der Waals surface area contributed by atoms with Gasteiger partial charge in [0.1, 0.15) is 17.4 Å². The van der Waals surface area contributed by atoms with Crippen LogP contribution in [-0.2, 0) is 13.2 Å². The fourth-order valence-corrected chi connectivity index (χ4v) is 2.89. The van der Waals surface area contributed by atoms with Gasteiger partial charge in [0.25, 0.3) is 0 Å². The second kappa shape index (κ2) is 5.94. The number of hydrogen-bond acceptors (Lipinski definition) is 4. The molecule has 0 spiro atoms. The van der Waals surface area contributed by atoms with E-state index in [4.69, 9.17) is 4.74 Å². The van der Waals surface area contributed by atoms with Crippen LogP contribution < -0.4 is 10.1 Å². The first kappa shape index (κ1) is 13.6. The van der Waals surface area contributed by atoms with Crippen molar-refractivity contribution >= 4 is 11.3 Å². The highest BCUT2D eigenvalue weighted by Crippen LogP contribution is 2.21. The van der Waals surface area contributed by atoms with Crippen LogP contribution in [0.4, 0.5) is 0 Å². The monoisotopic (exact) mass is 288 g/mol. The fraction of sp³-hybridized carbons (Fsp3) is 0.438. The van der Waals surface area contributed by atoms with E-state index in [0.717, 1.165) is 29.0 Å². The second-order valence-corrected chi connectivity index (χ2v) is 6.63. The maximum Gasteiger partial charge on any atom is 0.140 e. The smallest absolute Gasteiger partial charge is 0.140 e. The van der Waals surface area contributed by atoms with E-state index >= 15 is 0 Å². The number of benzene rings is 1. The Bertz CT molecular complexity index is 570. The Labute approximate surface area is 124 Å². The van der Waals surface area contributed by atoms with Gasteiger partial charge in [-0.1, -0.05) is 12.1 Å². The summed E-state index contributed by atoms with van der Waals surface area (Å²) in [4.78, 5) is 5.77. The SMILES string of the molecule is Cc1nc(COc2cccc(CNC3CC3)c2)sc1C. The van der Waals surface area contributed by atoms with Crippen molar-refractivity contribution in [3.05, 3.63) is 45.4 Å². The van der Waals surface area contributed by atoms with Gasteiger partial charge in [0.2, 0.25) is 0 Å². The number of nitrogens with one attached hydrogen (secondary N) is 1. The van der Waals surface area contributed by atoms with Crippen LogP contribution >= 0.6 is 11.3 Å². The van der Waals surface area contributed by atoms with Gasteiger partial charge in [0.05, 0.1) is 5.69 Å². The Morgan fingerprint density at radius 3 is 2.90 bits per heavy atom. The first-order valence-electron chi connectivity index (χ1n) is 7.09. The zero-order valence-electron chi connectivity index (χ0n) is 12.0. The van der Waals surface area contributed by atoms with Crippen LogP contribution in [0.2, 0.25) is 0 Å². The van der Waals surface area contributed by atoms with Crippen molar-refractivity contribution in [2.75, 3.05) is 0 Å². The predicted octanol–water partition coefficient (Wildman–Crippen LogP) is 3.59. The molecule has 106 valence electrons. The average molecular weight is 288 g/mol. The highest BCUT2D eigenvalue weighted by Gasteiger charge is 2.19. The topological polar surface area (TPSA) is 34.1 Å². The largest absolute Gasteiger partial charge is 0.486 e. The molecule has 1 saturated carbocycles. The third-order valence-corrected chi connectivity index (χ3v) is 4.55. The minimum Gasteiger partial charge on any atom is -0.486 e. The average Bonchev–Trinajstić information content (AvgIpc) is 3.22. The van der Waals surface area contributed by atoms with Crippen LogP contribution in [0.1, 0.15) is 34.0 Å². The molecule has 1 N–H and O–H groups in total. The van der Waals surface area contributed by atoms with Crippen molar-refractivity contribution in [3.63, 3.8) is 0 Å². The summed E-state index contributed by atoms with van der Waals surface area (Å²) in [5, 5.41) is 4.56. The first-order valence-corrected chi connectivity index (χ1v) is 7.90. The van der Waals surface area contributed by atoms with E-state index in [2.05, 4.69) is 35.4 Å². The van der Waals surface area contributed by atoms with Crippen LogP contribution in [0.5, 0.6) is 5.75 Å². The Hall–Kier alpha value is -1.39. The minimum atomic E-state index is 0.554. The van der Waals surface area contributed by atoms with Crippen LogP contribution in [-0.4, -0.2) is 11.0 Å². The van der Waals surface area contributed by atoms with Crippen molar-refractivity contribution in [2.45, 2.75) is 45.9 Å². The lowest BCUT2D eigenvalue weighted by molar-refractivity contribution is 0.305. The van der Waals surface area contributed by atoms with Crippen molar-refractivity contribution in [1.82, 2.24) is 10.3 Å². The summed E-state index contributed by atoms with van der Waals surface area (Å²) in [6.45, 7) is 5.62. The molecule has 4 heteroatoms. The van der Waals surface area contributed by atoms with Crippen LogP contribution in [0, 0.1) is 13.8 Å². The predicted molar refractivity (Wildman–Crippen MR) is 82.2 cm³/mol. The fourth-order valence-electron chi connectivity index (χ4n) is 2.04. The summed E-state index contributed by atoms with van der Waals surface area (Å²) in [5.74, 6) is 0.922. The first-order chi connectivity index (χ1) is 9.70. The van der Waals surface area contributed by atoms with Gasteiger partial charge in [-0.3, -0.25) is 0 Å². The normalized spacial score (nSPS) is 14.5. The number of aromatic nitrogens is 1. The van der Waals surface area contributed by atoms with E-state index in [-0.39, 0.29) is 0 Å². The van der Waals surface area contributed by atoms with E-state index in [1.807, 2.05) is 13.0 Å². The zero-order chi connectivity index (χ0) is 13.9. The van der Waals surface area contributed by atoms with Gasteiger partial charge in [-0.05, 0) is 44.4 Å². The molecule has 0 aliphatic heterocycles. The Balaban J connectivity index is 1.57. The third-order valence-electron chi connectivity index (χ3n) is 3.51. The van der Waals surface area contributed by atoms with E-state index in [9.17, 15) is 0 Å². The summed E-state index contributed by atoms with van der Waals surface area (Å²) in [6.07, 6.45) is 2.64. The Morgan fingerprint density at radius 2 is 2.20 bits per heavy atom. The van der Waals surface area contributed by atoms with Gasteiger partial charge in [-0.25, -0.2) is 4.98 Å². The number of nitrogens with zero attached hydrogens (tertiary/aromatic N) is 1. The molecular formula is C16H20N2OS. The summed E-state index contributed by atoms with van der Waals surface area (Å²) >= 11 is 1.71. The maximum absolute atomic E-state index is 5.84. The molecule has 0 unspecified atom stereocenters. The zero-order valence-corrected chi connectivity index (χ0v) is 12.8. The third kappa shape index (κ3) is 3.58. The lowest BCUT2D eigenvalue weighted by atomic mass is 10.2. The lowest BCUT2D eigenvalue weighted by Gasteiger charge is -2.07. The van der Waals surface area contributed by atoms with Gasteiger partial charge in [-0.2, -0.15) is 0 Å². The molecule has 1 fully saturated rings. The maximum atomic E-state index is 5.84. The van der Waals surface area contributed by atoms with Crippen molar-refractivity contribution in [1.29, 1.82) is 0 Å². The molecule has 1 aromatic heterocycles. The van der Waals surface area contributed by atoms with Crippen molar-refractivity contribution < 1.29 is 4.74 Å². The van der Waals surface area contributed by atoms with E-state index in [1.54, 1.807) is 11.3 Å². The van der Waals surface area contributed by atoms with Crippen molar-refractivity contribution in [2.24, 2.45) is 0 Å². The molecule has 3 rings (SSSR count).